The van der Waals surface area contributed by atoms with Crippen LogP contribution in [-0.2, 0) is 0 Å². The van der Waals surface area contributed by atoms with Crippen LogP contribution in [0.3, 0.4) is 0 Å². The lowest BCUT2D eigenvalue weighted by Crippen LogP contribution is -2.35. The summed E-state index contributed by atoms with van der Waals surface area (Å²) in [5.41, 5.74) is 0.612. The Labute approximate surface area is 114 Å². The second-order valence-corrected chi connectivity index (χ2v) is 5.41. The van der Waals surface area contributed by atoms with Crippen molar-refractivity contribution in [1.82, 2.24) is 4.90 Å². The topological polar surface area (TPSA) is 20.3 Å². The smallest absolute Gasteiger partial charge is 0.164 e. The fraction of sp³-hybridized carbons (Fsp3) is 0.562. The van der Waals surface area contributed by atoms with Crippen molar-refractivity contribution < 1.29 is 9.18 Å². The summed E-state index contributed by atoms with van der Waals surface area (Å²) in [6, 6.07) is 7.04. The molecule has 0 amide bonds. The van der Waals surface area contributed by atoms with E-state index < -0.39 is 0 Å². The molecule has 104 valence electrons. The zero-order valence-electron chi connectivity index (χ0n) is 11.7. The first kappa shape index (κ1) is 14.2. The van der Waals surface area contributed by atoms with Crippen LogP contribution in [0.15, 0.2) is 24.3 Å². The average Bonchev–Trinajstić information content (AvgIpc) is 2.77. The first-order valence-corrected chi connectivity index (χ1v) is 7.16. The molecular formula is C16H22FNO. The zero-order chi connectivity index (χ0) is 13.8. The maximum absolute atomic E-state index is 12.8. The van der Waals surface area contributed by atoms with Crippen LogP contribution in [0.5, 0.6) is 0 Å². The van der Waals surface area contributed by atoms with Gasteiger partial charge < -0.3 is 0 Å². The molecule has 1 aliphatic heterocycles. The first-order chi connectivity index (χ1) is 9.11. The first-order valence-electron chi connectivity index (χ1n) is 7.16. The minimum Gasteiger partial charge on any atom is -0.297 e. The Bertz CT molecular complexity index is 429. The highest BCUT2D eigenvalue weighted by Gasteiger charge is 2.29. The number of hydrogen-bond donors (Lipinski definition) is 0. The number of rotatable bonds is 5. The van der Waals surface area contributed by atoms with Crippen LogP contribution in [0.4, 0.5) is 4.39 Å². The summed E-state index contributed by atoms with van der Waals surface area (Å²) in [6.07, 6.45) is 4.13. The van der Waals surface area contributed by atoms with Crippen molar-refractivity contribution in [2.45, 2.75) is 51.6 Å². The number of ketones is 1. The number of carbonyl (C=O) groups excluding carboxylic acids is 1. The van der Waals surface area contributed by atoms with Gasteiger partial charge in [0.15, 0.2) is 5.78 Å². The Morgan fingerprint density at radius 3 is 2.63 bits per heavy atom. The third-order valence-electron chi connectivity index (χ3n) is 4.19. The molecule has 1 aliphatic rings. The van der Waals surface area contributed by atoms with Crippen LogP contribution in [-0.4, -0.2) is 29.3 Å². The Morgan fingerprint density at radius 1 is 1.32 bits per heavy atom. The van der Waals surface area contributed by atoms with Gasteiger partial charge in [-0.2, -0.15) is 0 Å². The number of nitrogens with zero attached hydrogens (tertiary/aromatic N) is 1. The largest absolute Gasteiger partial charge is 0.297 e. The third-order valence-corrected chi connectivity index (χ3v) is 4.19. The van der Waals surface area contributed by atoms with Gasteiger partial charge >= 0.3 is 0 Å². The molecule has 1 aromatic carbocycles. The normalized spacial score (nSPS) is 23.7. The molecule has 2 rings (SSSR count). The maximum atomic E-state index is 12.8. The van der Waals surface area contributed by atoms with Crippen molar-refractivity contribution in [3.05, 3.63) is 35.6 Å². The molecular weight excluding hydrogens is 241 g/mol. The number of hydrogen-bond acceptors (Lipinski definition) is 2. The van der Waals surface area contributed by atoms with Gasteiger partial charge in [0.05, 0.1) is 0 Å². The van der Waals surface area contributed by atoms with Gasteiger partial charge in [-0.1, -0.05) is 6.92 Å². The summed E-state index contributed by atoms with van der Waals surface area (Å²) >= 11 is 0. The molecule has 3 heteroatoms. The summed E-state index contributed by atoms with van der Waals surface area (Å²) in [5, 5.41) is 0. The predicted molar refractivity (Wildman–Crippen MR) is 74.8 cm³/mol. The Morgan fingerprint density at radius 2 is 2.00 bits per heavy atom. The Hall–Kier alpha value is -1.22. The molecule has 2 nitrogen and oxygen atoms in total. The number of likely N-dealkylation sites (tertiary alicyclic amines) is 1. The van der Waals surface area contributed by atoms with Crippen LogP contribution in [0.1, 0.15) is 49.9 Å². The number of Topliss-reactive ketones (excluding diaryl/α,β-unsaturated/α-hetero) is 1. The minimum absolute atomic E-state index is 0.106. The highest BCUT2D eigenvalue weighted by molar-refractivity contribution is 5.96. The fourth-order valence-electron chi connectivity index (χ4n) is 2.98. The van der Waals surface area contributed by atoms with Crippen molar-refractivity contribution in [2.75, 3.05) is 6.54 Å². The quantitative estimate of drug-likeness (QED) is 0.756. The van der Waals surface area contributed by atoms with Crippen LogP contribution >= 0.6 is 0 Å². The molecule has 19 heavy (non-hydrogen) atoms. The van der Waals surface area contributed by atoms with Crippen LogP contribution < -0.4 is 0 Å². The van der Waals surface area contributed by atoms with Crippen molar-refractivity contribution in [3.8, 4) is 0 Å². The molecule has 1 aromatic rings. The van der Waals surface area contributed by atoms with Gasteiger partial charge in [-0.15, -0.1) is 0 Å². The van der Waals surface area contributed by atoms with Crippen LogP contribution in [0.2, 0.25) is 0 Å². The van der Waals surface area contributed by atoms with E-state index in [0.29, 0.717) is 24.1 Å². The van der Waals surface area contributed by atoms with E-state index in [4.69, 9.17) is 0 Å². The van der Waals surface area contributed by atoms with Gasteiger partial charge in [0.25, 0.3) is 0 Å². The SMILES string of the molecule is CCC1CCC(C)N1CCC(=O)c1ccc(F)cc1. The standard InChI is InChI=1S/C16H22FNO/c1-3-15-9-4-12(2)18(15)11-10-16(19)13-5-7-14(17)8-6-13/h5-8,12,15H,3-4,9-11H2,1-2H3. The number of benzene rings is 1. The molecule has 1 heterocycles. The van der Waals surface area contributed by atoms with Gasteiger partial charge in [0, 0.05) is 30.6 Å². The molecule has 0 N–H and O–H groups in total. The zero-order valence-corrected chi connectivity index (χ0v) is 11.7. The lowest BCUT2D eigenvalue weighted by molar-refractivity contribution is 0.0949. The summed E-state index contributed by atoms with van der Waals surface area (Å²) in [6.45, 7) is 5.26. The van der Waals surface area contributed by atoms with E-state index in [1.807, 2.05) is 0 Å². The minimum atomic E-state index is -0.296. The average molecular weight is 263 g/mol. The molecule has 0 saturated carbocycles. The van der Waals surface area contributed by atoms with Crippen molar-refractivity contribution in [3.63, 3.8) is 0 Å². The monoisotopic (exact) mass is 263 g/mol. The Kier molecular flexibility index (Phi) is 4.70. The number of carbonyl (C=O) groups is 1. The van der Waals surface area contributed by atoms with Crippen molar-refractivity contribution in [1.29, 1.82) is 0 Å². The lowest BCUT2D eigenvalue weighted by Gasteiger charge is -2.27. The van der Waals surface area contributed by atoms with E-state index in [0.717, 1.165) is 13.0 Å². The number of halogens is 1. The molecule has 2 unspecified atom stereocenters. The molecule has 1 fully saturated rings. The van der Waals surface area contributed by atoms with Gasteiger partial charge in [-0.3, -0.25) is 9.69 Å². The highest BCUT2D eigenvalue weighted by atomic mass is 19.1. The van der Waals surface area contributed by atoms with Gasteiger partial charge in [-0.05, 0) is 50.5 Å². The van der Waals surface area contributed by atoms with Gasteiger partial charge in [-0.25, -0.2) is 4.39 Å². The summed E-state index contributed by atoms with van der Waals surface area (Å²) in [7, 11) is 0. The summed E-state index contributed by atoms with van der Waals surface area (Å²) in [5.74, 6) is -0.190. The van der Waals surface area contributed by atoms with Gasteiger partial charge in [0.1, 0.15) is 5.82 Å². The molecule has 0 aromatic heterocycles. The van der Waals surface area contributed by atoms with E-state index in [2.05, 4.69) is 18.7 Å². The van der Waals surface area contributed by atoms with Crippen molar-refractivity contribution >= 4 is 5.78 Å². The molecule has 0 radical (unpaired) electrons. The highest BCUT2D eigenvalue weighted by Crippen LogP contribution is 2.26. The third kappa shape index (κ3) is 3.41. The van der Waals surface area contributed by atoms with Crippen LogP contribution in [0, 0.1) is 5.82 Å². The second kappa shape index (κ2) is 6.29. The van der Waals surface area contributed by atoms with Crippen molar-refractivity contribution in [2.24, 2.45) is 0 Å². The molecule has 0 spiro atoms. The van der Waals surface area contributed by atoms with E-state index in [9.17, 15) is 9.18 Å². The Balaban J connectivity index is 1.91. The molecule has 0 bridgehead atoms. The van der Waals surface area contributed by atoms with E-state index in [1.165, 1.54) is 25.0 Å². The van der Waals surface area contributed by atoms with Crippen LogP contribution in [0.25, 0.3) is 0 Å². The lowest BCUT2D eigenvalue weighted by atomic mass is 10.1. The molecule has 0 aliphatic carbocycles. The molecule has 2 atom stereocenters. The summed E-state index contributed by atoms with van der Waals surface area (Å²) in [4.78, 5) is 14.5. The maximum Gasteiger partial charge on any atom is 0.164 e. The summed E-state index contributed by atoms with van der Waals surface area (Å²) < 4.78 is 12.8. The predicted octanol–water partition coefficient (Wildman–Crippen LogP) is 3.66. The fourth-order valence-corrected chi connectivity index (χ4v) is 2.98. The second-order valence-electron chi connectivity index (χ2n) is 5.41. The van der Waals surface area contributed by atoms with Gasteiger partial charge in [0.2, 0.25) is 0 Å². The van der Waals surface area contributed by atoms with E-state index >= 15 is 0 Å². The van der Waals surface area contributed by atoms with E-state index in [-0.39, 0.29) is 11.6 Å². The van der Waals surface area contributed by atoms with E-state index in [1.54, 1.807) is 12.1 Å². The molecule has 1 saturated heterocycles.